The van der Waals surface area contributed by atoms with Crippen molar-refractivity contribution in [3.05, 3.63) is 47.5 Å². The topological polar surface area (TPSA) is 56.7 Å². The summed E-state index contributed by atoms with van der Waals surface area (Å²) in [6, 6.07) is 10.5. The lowest BCUT2D eigenvalue weighted by molar-refractivity contribution is 0.421. The van der Waals surface area contributed by atoms with Gasteiger partial charge in [-0.25, -0.2) is 9.67 Å². The number of fused-ring (bicyclic) bond motifs is 1. The monoisotopic (exact) mass is 228 g/mol. The molecule has 0 radical (unpaired) electrons. The first kappa shape index (κ1) is 10.5. The summed E-state index contributed by atoms with van der Waals surface area (Å²) in [6.07, 6.45) is 2.77. The quantitative estimate of drug-likeness (QED) is 0.838. The van der Waals surface area contributed by atoms with Crippen molar-refractivity contribution in [3.63, 3.8) is 0 Å². The fraction of sp³-hybridized carbons (Fsp3) is 0.385. The molecule has 88 valence electrons. The SMILES string of the molecule is NC1CCc2nc(Cc3ccccc3)nn2C1. The minimum absolute atomic E-state index is 0.230. The van der Waals surface area contributed by atoms with Crippen LogP contribution >= 0.6 is 0 Å². The van der Waals surface area contributed by atoms with Crippen LogP contribution in [0, 0.1) is 0 Å². The average Bonchev–Trinajstić information content (AvgIpc) is 2.71. The van der Waals surface area contributed by atoms with Gasteiger partial charge in [0.25, 0.3) is 0 Å². The van der Waals surface area contributed by atoms with Crippen molar-refractivity contribution in [1.82, 2.24) is 14.8 Å². The zero-order valence-electron chi connectivity index (χ0n) is 9.71. The Morgan fingerprint density at radius 3 is 2.94 bits per heavy atom. The molecule has 2 N–H and O–H groups in total. The van der Waals surface area contributed by atoms with Crippen molar-refractivity contribution in [2.24, 2.45) is 5.73 Å². The minimum atomic E-state index is 0.230. The molecule has 4 heteroatoms. The van der Waals surface area contributed by atoms with Crippen LogP contribution in [0.5, 0.6) is 0 Å². The number of rotatable bonds is 2. The predicted octanol–water partition coefficient (Wildman–Crippen LogP) is 1.14. The van der Waals surface area contributed by atoms with E-state index in [2.05, 4.69) is 22.2 Å². The highest BCUT2D eigenvalue weighted by Crippen LogP contribution is 2.13. The van der Waals surface area contributed by atoms with Gasteiger partial charge < -0.3 is 5.73 Å². The number of aryl methyl sites for hydroxylation is 1. The molecule has 0 spiro atoms. The number of aromatic nitrogens is 3. The first-order valence-corrected chi connectivity index (χ1v) is 6.03. The third-order valence-electron chi connectivity index (χ3n) is 3.14. The molecule has 0 amide bonds. The molecule has 1 unspecified atom stereocenters. The van der Waals surface area contributed by atoms with Gasteiger partial charge in [-0.15, -0.1) is 0 Å². The van der Waals surface area contributed by atoms with Gasteiger partial charge >= 0.3 is 0 Å². The first-order chi connectivity index (χ1) is 8.31. The van der Waals surface area contributed by atoms with E-state index in [0.717, 1.165) is 37.5 Å². The number of nitrogens with zero attached hydrogens (tertiary/aromatic N) is 3. The third kappa shape index (κ3) is 2.22. The van der Waals surface area contributed by atoms with E-state index in [9.17, 15) is 0 Å². The van der Waals surface area contributed by atoms with Gasteiger partial charge in [0.05, 0.1) is 6.54 Å². The molecule has 2 aromatic rings. The summed E-state index contributed by atoms with van der Waals surface area (Å²) in [5.41, 5.74) is 7.17. The van der Waals surface area contributed by atoms with E-state index in [1.807, 2.05) is 22.9 Å². The fourth-order valence-corrected chi connectivity index (χ4v) is 2.24. The van der Waals surface area contributed by atoms with Crippen LogP contribution in [0.3, 0.4) is 0 Å². The number of hydrogen-bond donors (Lipinski definition) is 1. The second-order valence-corrected chi connectivity index (χ2v) is 4.59. The zero-order chi connectivity index (χ0) is 11.7. The van der Waals surface area contributed by atoms with Gasteiger partial charge in [0, 0.05) is 18.9 Å². The second kappa shape index (κ2) is 4.30. The van der Waals surface area contributed by atoms with Crippen LogP contribution in [0.2, 0.25) is 0 Å². The first-order valence-electron chi connectivity index (χ1n) is 6.03. The van der Waals surface area contributed by atoms with E-state index in [4.69, 9.17) is 5.73 Å². The molecule has 0 bridgehead atoms. The normalized spacial score (nSPS) is 19.0. The van der Waals surface area contributed by atoms with Crippen molar-refractivity contribution in [1.29, 1.82) is 0 Å². The largest absolute Gasteiger partial charge is 0.326 e. The highest BCUT2D eigenvalue weighted by Gasteiger charge is 2.18. The predicted molar refractivity (Wildman–Crippen MR) is 65.6 cm³/mol. The van der Waals surface area contributed by atoms with E-state index >= 15 is 0 Å². The van der Waals surface area contributed by atoms with Gasteiger partial charge in [0.2, 0.25) is 0 Å². The summed E-state index contributed by atoms with van der Waals surface area (Å²) in [6.45, 7) is 0.803. The fourth-order valence-electron chi connectivity index (χ4n) is 2.24. The molecule has 4 nitrogen and oxygen atoms in total. The Morgan fingerprint density at radius 1 is 1.29 bits per heavy atom. The highest BCUT2D eigenvalue weighted by atomic mass is 15.4. The molecule has 1 aliphatic heterocycles. The number of benzene rings is 1. The summed E-state index contributed by atoms with van der Waals surface area (Å²) >= 11 is 0. The lowest BCUT2D eigenvalue weighted by Gasteiger charge is -2.17. The maximum atomic E-state index is 5.92. The van der Waals surface area contributed by atoms with Crippen LogP contribution in [-0.4, -0.2) is 20.8 Å². The molecule has 0 fully saturated rings. The lowest BCUT2D eigenvalue weighted by atomic mass is 10.1. The smallest absolute Gasteiger partial charge is 0.155 e. The van der Waals surface area contributed by atoms with Crippen molar-refractivity contribution in [2.45, 2.75) is 31.8 Å². The van der Waals surface area contributed by atoms with Gasteiger partial charge in [-0.3, -0.25) is 0 Å². The Bertz CT molecular complexity index is 503. The maximum Gasteiger partial charge on any atom is 0.155 e. The van der Waals surface area contributed by atoms with Crippen LogP contribution < -0.4 is 5.73 Å². The highest BCUT2D eigenvalue weighted by molar-refractivity contribution is 5.18. The lowest BCUT2D eigenvalue weighted by Crippen LogP contribution is -2.32. The molecular formula is C13H16N4. The minimum Gasteiger partial charge on any atom is -0.326 e. The Balaban J connectivity index is 1.81. The van der Waals surface area contributed by atoms with E-state index in [0.29, 0.717) is 0 Å². The van der Waals surface area contributed by atoms with Gasteiger partial charge in [0.1, 0.15) is 5.82 Å². The Morgan fingerprint density at radius 2 is 2.12 bits per heavy atom. The van der Waals surface area contributed by atoms with E-state index in [1.165, 1.54) is 5.56 Å². The van der Waals surface area contributed by atoms with Crippen LogP contribution in [-0.2, 0) is 19.4 Å². The van der Waals surface area contributed by atoms with Crippen molar-refractivity contribution >= 4 is 0 Å². The van der Waals surface area contributed by atoms with Gasteiger partial charge in [-0.1, -0.05) is 30.3 Å². The average molecular weight is 228 g/mol. The molecule has 0 aliphatic carbocycles. The van der Waals surface area contributed by atoms with Crippen molar-refractivity contribution in [3.8, 4) is 0 Å². The summed E-state index contributed by atoms with van der Waals surface area (Å²) in [7, 11) is 0. The molecule has 0 saturated heterocycles. The zero-order valence-corrected chi connectivity index (χ0v) is 9.71. The van der Waals surface area contributed by atoms with Gasteiger partial charge in [0.15, 0.2) is 5.82 Å². The van der Waals surface area contributed by atoms with E-state index in [1.54, 1.807) is 0 Å². The second-order valence-electron chi connectivity index (χ2n) is 4.59. The molecule has 17 heavy (non-hydrogen) atoms. The van der Waals surface area contributed by atoms with Crippen LogP contribution in [0.15, 0.2) is 30.3 Å². The molecule has 3 rings (SSSR count). The summed E-state index contributed by atoms with van der Waals surface area (Å²) in [4.78, 5) is 4.58. The Hall–Kier alpha value is -1.68. The van der Waals surface area contributed by atoms with Crippen molar-refractivity contribution in [2.75, 3.05) is 0 Å². The summed E-state index contributed by atoms with van der Waals surface area (Å²) in [5.74, 6) is 1.98. The Kier molecular flexibility index (Phi) is 2.65. The standard InChI is InChI=1S/C13H16N4/c14-11-6-7-13-15-12(16-17(13)9-11)8-10-4-2-1-3-5-10/h1-5,11H,6-9,14H2. The molecule has 0 saturated carbocycles. The molecule has 1 aromatic carbocycles. The maximum absolute atomic E-state index is 5.92. The molecule has 1 atom stereocenters. The molecular weight excluding hydrogens is 212 g/mol. The molecule has 1 aliphatic rings. The van der Waals surface area contributed by atoms with Gasteiger partial charge in [-0.2, -0.15) is 5.10 Å². The van der Waals surface area contributed by atoms with Crippen LogP contribution in [0.4, 0.5) is 0 Å². The van der Waals surface area contributed by atoms with Crippen LogP contribution in [0.25, 0.3) is 0 Å². The van der Waals surface area contributed by atoms with Crippen LogP contribution in [0.1, 0.15) is 23.6 Å². The number of nitrogens with two attached hydrogens (primary N) is 1. The number of hydrogen-bond acceptors (Lipinski definition) is 3. The Labute approximate surface area is 100 Å². The van der Waals surface area contributed by atoms with E-state index < -0.39 is 0 Å². The molecule has 1 aromatic heterocycles. The van der Waals surface area contributed by atoms with Crippen molar-refractivity contribution < 1.29 is 0 Å². The summed E-state index contributed by atoms with van der Waals surface area (Å²) in [5, 5.41) is 4.52. The van der Waals surface area contributed by atoms with Gasteiger partial charge in [-0.05, 0) is 12.0 Å². The third-order valence-corrected chi connectivity index (χ3v) is 3.14. The van der Waals surface area contributed by atoms with E-state index in [-0.39, 0.29) is 6.04 Å². The molecule has 2 heterocycles. The summed E-state index contributed by atoms with van der Waals surface area (Å²) < 4.78 is 1.96.